The van der Waals surface area contributed by atoms with Gasteiger partial charge in [-0.2, -0.15) is 0 Å². The predicted molar refractivity (Wildman–Crippen MR) is 122 cm³/mol. The fourth-order valence-corrected chi connectivity index (χ4v) is 3.12. The molecule has 0 radical (unpaired) electrons. The maximum Gasteiger partial charge on any atom is 0.408 e. The van der Waals surface area contributed by atoms with Crippen molar-refractivity contribution in [3.8, 4) is 0 Å². The van der Waals surface area contributed by atoms with Gasteiger partial charge >= 0.3 is 6.09 Å². The molecule has 168 valence electrons. The molecule has 30 heavy (non-hydrogen) atoms. The van der Waals surface area contributed by atoms with Crippen molar-refractivity contribution in [2.75, 3.05) is 31.1 Å². The fraction of sp³-hybridized carbons (Fsp3) is 0.682. The van der Waals surface area contributed by atoms with Gasteiger partial charge in [0.15, 0.2) is 5.96 Å². The molecule has 1 aliphatic heterocycles. The van der Waals surface area contributed by atoms with E-state index >= 15 is 0 Å². The minimum Gasteiger partial charge on any atom is -0.444 e. The first-order valence-electron chi connectivity index (χ1n) is 10.8. The lowest BCUT2D eigenvalue weighted by Gasteiger charge is -2.29. The van der Waals surface area contributed by atoms with Gasteiger partial charge in [-0.05, 0) is 72.1 Å². The highest BCUT2D eigenvalue weighted by Gasteiger charge is 2.24. The molecule has 1 aromatic rings. The van der Waals surface area contributed by atoms with E-state index in [2.05, 4.69) is 31.9 Å². The third kappa shape index (κ3) is 8.47. The van der Waals surface area contributed by atoms with E-state index in [0.717, 1.165) is 31.0 Å². The summed E-state index contributed by atoms with van der Waals surface area (Å²) in [5.41, 5.74) is 0.0934. The normalized spacial score (nSPS) is 15.1. The quantitative estimate of drug-likeness (QED) is 0.466. The Labute approximate surface area is 180 Å². The number of nitrogens with zero attached hydrogens (tertiary/aromatic N) is 3. The summed E-state index contributed by atoms with van der Waals surface area (Å²) in [5, 5.41) is 9.47. The molecule has 2 heterocycles. The standard InChI is InChI=1S/C22H38N6O2/c1-7-23-19(26-16-22(5,6)27-20(29)30-21(2,3)4)25-15-17-10-11-24-18(14-17)28-12-8-9-13-28/h10-11,14H,7-9,12-13,15-16H2,1-6H3,(H,27,29)(H2,23,25,26). The number of carbonyl (C=O) groups excluding carboxylic acids is 1. The van der Waals surface area contributed by atoms with Gasteiger partial charge in [0.2, 0.25) is 0 Å². The Kier molecular flexibility index (Phi) is 8.32. The molecule has 1 aliphatic rings. The van der Waals surface area contributed by atoms with Crippen molar-refractivity contribution in [2.45, 2.75) is 72.1 Å². The Morgan fingerprint density at radius 3 is 2.53 bits per heavy atom. The van der Waals surface area contributed by atoms with Gasteiger partial charge in [-0.25, -0.2) is 14.8 Å². The second kappa shape index (κ2) is 10.5. The summed E-state index contributed by atoms with van der Waals surface area (Å²) in [5.74, 6) is 1.73. The third-order valence-corrected chi connectivity index (χ3v) is 4.54. The molecule has 1 saturated heterocycles. The van der Waals surface area contributed by atoms with E-state index in [1.807, 2.05) is 53.8 Å². The molecule has 1 fully saturated rings. The highest BCUT2D eigenvalue weighted by Crippen LogP contribution is 2.18. The number of aromatic nitrogens is 1. The topological polar surface area (TPSA) is 90.9 Å². The number of aliphatic imine (C=N–C) groups is 1. The molecule has 2 rings (SSSR count). The number of hydrogen-bond acceptors (Lipinski definition) is 5. The van der Waals surface area contributed by atoms with Crippen LogP contribution < -0.4 is 20.9 Å². The number of pyridine rings is 1. The van der Waals surface area contributed by atoms with Crippen LogP contribution in [-0.4, -0.2) is 54.4 Å². The lowest BCUT2D eigenvalue weighted by molar-refractivity contribution is 0.0474. The van der Waals surface area contributed by atoms with Gasteiger partial charge < -0.3 is 25.6 Å². The zero-order valence-electron chi connectivity index (χ0n) is 19.3. The summed E-state index contributed by atoms with van der Waals surface area (Å²) in [6, 6.07) is 4.12. The van der Waals surface area contributed by atoms with Crippen molar-refractivity contribution in [3.63, 3.8) is 0 Å². The van der Waals surface area contributed by atoms with Crippen LogP contribution in [0.5, 0.6) is 0 Å². The number of ether oxygens (including phenoxy) is 1. The zero-order valence-corrected chi connectivity index (χ0v) is 19.3. The molecular formula is C22H38N6O2. The summed E-state index contributed by atoms with van der Waals surface area (Å²) >= 11 is 0. The van der Waals surface area contributed by atoms with E-state index < -0.39 is 17.2 Å². The number of anilines is 1. The molecule has 0 saturated carbocycles. The third-order valence-electron chi connectivity index (χ3n) is 4.54. The number of rotatable bonds is 7. The number of hydrogen-bond donors (Lipinski definition) is 3. The second-order valence-electron chi connectivity index (χ2n) is 9.28. The van der Waals surface area contributed by atoms with E-state index in [1.54, 1.807) is 0 Å². The molecule has 1 aromatic heterocycles. The minimum atomic E-state index is -0.525. The smallest absolute Gasteiger partial charge is 0.408 e. The van der Waals surface area contributed by atoms with E-state index in [0.29, 0.717) is 19.0 Å². The summed E-state index contributed by atoms with van der Waals surface area (Å²) < 4.78 is 5.35. The summed E-state index contributed by atoms with van der Waals surface area (Å²) in [7, 11) is 0. The predicted octanol–water partition coefficient (Wildman–Crippen LogP) is 3.04. The molecule has 0 spiro atoms. The molecular weight excluding hydrogens is 380 g/mol. The molecule has 3 N–H and O–H groups in total. The Hall–Kier alpha value is -2.51. The lowest BCUT2D eigenvalue weighted by Crippen LogP contribution is -2.54. The number of amides is 1. The summed E-state index contributed by atoms with van der Waals surface area (Å²) in [6.45, 7) is 15.4. The largest absolute Gasteiger partial charge is 0.444 e. The van der Waals surface area contributed by atoms with Gasteiger partial charge in [-0.3, -0.25) is 0 Å². The van der Waals surface area contributed by atoms with Gasteiger partial charge in [0.1, 0.15) is 11.4 Å². The van der Waals surface area contributed by atoms with E-state index in [9.17, 15) is 4.79 Å². The molecule has 0 aliphatic carbocycles. The van der Waals surface area contributed by atoms with Crippen LogP contribution in [0.2, 0.25) is 0 Å². The van der Waals surface area contributed by atoms with Crippen molar-refractivity contribution < 1.29 is 9.53 Å². The maximum absolute atomic E-state index is 12.1. The molecule has 0 aromatic carbocycles. The molecule has 8 nitrogen and oxygen atoms in total. The van der Waals surface area contributed by atoms with Crippen LogP contribution in [0.3, 0.4) is 0 Å². The number of guanidine groups is 1. The van der Waals surface area contributed by atoms with Gasteiger partial charge in [0.25, 0.3) is 0 Å². The highest BCUT2D eigenvalue weighted by molar-refractivity contribution is 5.80. The van der Waals surface area contributed by atoms with Gasteiger partial charge in [0, 0.05) is 32.4 Å². The van der Waals surface area contributed by atoms with Crippen LogP contribution in [-0.2, 0) is 11.3 Å². The summed E-state index contributed by atoms with van der Waals surface area (Å²) in [4.78, 5) is 23.6. The SMILES string of the molecule is CCNC(=NCc1ccnc(N2CCCC2)c1)NCC(C)(C)NC(=O)OC(C)(C)C. The maximum atomic E-state index is 12.1. The van der Waals surface area contributed by atoms with Gasteiger partial charge in [0.05, 0.1) is 12.1 Å². The first-order chi connectivity index (χ1) is 14.1. The van der Waals surface area contributed by atoms with Crippen molar-refractivity contribution >= 4 is 17.9 Å². The molecule has 1 amide bonds. The van der Waals surface area contributed by atoms with Crippen molar-refractivity contribution in [1.29, 1.82) is 0 Å². The van der Waals surface area contributed by atoms with Crippen LogP contribution in [0.1, 0.15) is 59.9 Å². The second-order valence-corrected chi connectivity index (χ2v) is 9.28. The molecule has 8 heteroatoms. The Bertz CT molecular complexity index is 721. The number of alkyl carbamates (subject to hydrolysis) is 1. The van der Waals surface area contributed by atoms with Crippen LogP contribution in [0.4, 0.5) is 10.6 Å². The van der Waals surface area contributed by atoms with Gasteiger partial charge in [-0.15, -0.1) is 0 Å². The van der Waals surface area contributed by atoms with Crippen LogP contribution in [0.15, 0.2) is 23.3 Å². The number of nitrogens with one attached hydrogen (secondary N) is 3. The fourth-order valence-electron chi connectivity index (χ4n) is 3.12. The average Bonchev–Trinajstić information content (AvgIpc) is 3.17. The van der Waals surface area contributed by atoms with E-state index in [4.69, 9.17) is 9.73 Å². The monoisotopic (exact) mass is 418 g/mol. The lowest BCUT2D eigenvalue weighted by atomic mass is 10.1. The highest BCUT2D eigenvalue weighted by atomic mass is 16.6. The Morgan fingerprint density at radius 1 is 1.20 bits per heavy atom. The van der Waals surface area contributed by atoms with Crippen molar-refractivity contribution in [1.82, 2.24) is 20.9 Å². The average molecular weight is 419 g/mol. The van der Waals surface area contributed by atoms with Crippen molar-refractivity contribution in [2.24, 2.45) is 4.99 Å². The van der Waals surface area contributed by atoms with Crippen LogP contribution >= 0.6 is 0 Å². The minimum absolute atomic E-state index is 0.428. The van der Waals surface area contributed by atoms with Crippen LogP contribution in [0.25, 0.3) is 0 Å². The van der Waals surface area contributed by atoms with Crippen molar-refractivity contribution in [3.05, 3.63) is 23.9 Å². The van der Waals surface area contributed by atoms with E-state index in [-0.39, 0.29) is 0 Å². The first kappa shape index (κ1) is 23.8. The molecule has 0 bridgehead atoms. The first-order valence-corrected chi connectivity index (χ1v) is 10.8. The van der Waals surface area contributed by atoms with Crippen LogP contribution in [0, 0.1) is 0 Å². The van der Waals surface area contributed by atoms with E-state index in [1.165, 1.54) is 12.8 Å². The molecule has 0 atom stereocenters. The summed E-state index contributed by atoms with van der Waals surface area (Å²) in [6.07, 6.45) is 3.88. The Balaban J connectivity index is 1.94. The Morgan fingerprint density at radius 2 is 1.90 bits per heavy atom. The zero-order chi connectivity index (χ0) is 22.2. The van der Waals surface area contributed by atoms with Gasteiger partial charge in [-0.1, -0.05) is 0 Å². The molecule has 0 unspecified atom stereocenters. The number of carbonyl (C=O) groups is 1.